The third-order valence-electron chi connectivity index (χ3n) is 3.57. The van der Waals surface area contributed by atoms with Gasteiger partial charge < -0.3 is 19.5 Å². The van der Waals surface area contributed by atoms with E-state index in [1.54, 1.807) is 18.2 Å². The Labute approximate surface area is 170 Å². The van der Waals surface area contributed by atoms with E-state index in [4.69, 9.17) is 9.26 Å². The minimum Gasteiger partial charge on any atom is -0.489 e. The number of rotatable bonds is 8. The summed E-state index contributed by atoms with van der Waals surface area (Å²) in [4.78, 5) is 6.47. The Kier molecular flexibility index (Phi) is 10.0. The van der Waals surface area contributed by atoms with Crippen LogP contribution in [0.5, 0.6) is 5.75 Å². The van der Waals surface area contributed by atoms with Crippen molar-refractivity contribution < 1.29 is 13.7 Å². The lowest BCUT2D eigenvalue weighted by atomic mass is 10.3. The quantitative estimate of drug-likeness (QED) is 0.359. The van der Waals surface area contributed by atoms with E-state index < -0.39 is 0 Å². The van der Waals surface area contributed by atoms with Crippen LogP contribution in [0.2, 0.25) is 0 Å². The van der Waals surface area contributed by atoms with Gasteiger partial charge in [0.05, 0.1) is 12.2 Å². The maximum Gasteiger partial charge on any atom is 0.194 e. The molecule has 0 amide bonds. The van der Waals surface area contributed by atoms with Crippen LogP contribution in [0.4, 0.5) is 4.39 Å². The monoisotopic (exact) mass is 476 g/mol. The highest BCUT2D eigenvalue weighted by Crippen LogP contribution is 2.15. The SMILES string of the molecule is CCNC(=NCc1cc(CC)no1)N(C)CCOc1ccccc1F.I. The van der Waals surface area contributed by atoms with Crippen LogP contribution in [-0.2, 0) is 13.0 Å². The Bertz CT molecular complexity index is 693. The van der Waals surface area contributed by atoms with Gasteiger partial charge >= 0.3 is 0 Å². The summed E-state index contributed by atoms with van der Waals surface area (Å²) in [6.45, 7) is 6.10. The van der Waals surface area contributed by atoms with Gasteiger partial charge in [0.25, 0.3) is 0 Å². The lowest BCUT2D eigenvalue weighted by Gasteiger charge is -2.22. The van der Waals surface area contributed by atoms with Gasteiger partial charge in [0.15, 0.2) is 23.3 Å². The van der Waals surface area contributed by atoms with E-state index in [0.29, 0.717) is 19.7 Å². The molecule has 0 fully saturated rings. The molecule has 6 nitrogen and oxygen atoms in total. The first-order chi connectivity index (χ1) is 12.1. The van der Waals surface area contributed by atoms with Crippen LogP contribution in [0.25, 0.3) is 0 Å². The predicted molar refractivity (Wildman–Crippen MR) is 111 cm³/mol. The Morgan fingerprint density at radius 1 is 1.35 bits per heavy atom. The number of likely N-dealkylation sites (N-methyl/N-ethyl adjacent to an activating group) is 1. The van der Waals surface area contributed by atoms with Crippen LogP contribution in [0.15, 0.2) is 39.8 Å². The van der Waals surface area contributed by atoms with E-state index in [2.05, 4.69) is 15.5 Å². The van der Waals surface area contributed by atoms with E-state index >= 15 is 0 Å². The number of nitrogens with zero attached hydrogens (tertiary/aromatic N) is 3. The Balaban J connectivity index is 0.00000338. The normalized spacial score (nSPS) is 11.0. The number of guanidine groups is 1. The number of benzene rings is 1. The first-order valence-corrected chi connectivity index (χ1v) is 8.45. The third kappa shape index (κ3) is 6.81. The summed E-state index contributed by atoms with van der Waals surface area (Å²) < 4.78 is 24.3. The Morgan fingerprint density at radius 2 is 2.12 bits per heavy atom. The number of aryl methyl sites for hydroxylation is 1. The Morgan fingerprint density at radius 3 is 2.77 bits per heavy atom. The molecule has 1 heterocycles. The van der Waals surface area contributed by atoms with Crippen LogP contribution in [0.1, 0.15) is 25.3 Å². The Hall–Kier alpha value is -1.84. The van der Waals surface area contributed by atoms with Gasteiger partial charge in [0.2, 0.25) is 0 Å². The van der Waals surface area contributed by atoms with Crippen molar-refractivity contribution in [1.29, 1.82) is 0 Å². The topological polar surface area (TPSA) is 62.9 Å². The van der Waals surface area contributed by atoms with Crippen molar-refractivity contribution in [3.63, 3.8) is 0 Å². The van der Waals surface area contributed by atoms with Gasteiger partial charge in [-0.3, -0.25) is 0 Å². The largest absolute Gasteiger partial charge is 0.489 e. The molecule has 0 spiro atoms. The van der Waals surface area contributed by atoms with Crippen LogP contribution in [-0.4, -0.2) is 42.8 Å². The van der Waals surface area contributed by atoms with Gasteiger partial charge in [0.1, 0.15) is 13.2 Å². The number of halogens is 2. The molecule has 1 N–H and O–H groups in total. The lowest BCUT2D eigenvalue weighted by molar-refractivity contribution is 0.270. The summed E-state index contributed by atoms with van der Waals surface area (Å²) in [5.74, 6) is 1.35. The molecule has 0 bridgehead atoms. The predicted octanol–water partition coefficient (Wildman–Crippen LogP) is 3.47. The molecule has 0 saturated carbocycles. The van der Waals surface area contributed by atoms with E-state index in [1.807, 2.05) is 31.9 Å². The van der Waals surface area contributed by atoms with Crippen molar-refractivity contribution in [2.75, 3.05) is 26.7 Å². The van der Waals surface area contributed by atoms with Gasteiger partial charge in [-0.05, 0) is 25.5 Å². The number of hydrogen-bond donors (Lipinski definition) is 1. The van der Waals surface area contributed by atoms with Gasteiger partial charge in [0, 0.05) is 19.7 Å². The van der Waals surface area contributed by atoms with Crippen molar-refractivity contribution in [2.24, 2.45) is 4.99 Å². The van der Waals surface area contributed by atoms with Gasteiger partial charge in [-0.15, -0.1) is 24.0 Å². The highest BCUT2D eigenvalue weighted by molar-refractivity contribution is 14.0. The molecular formula is C18H26FIN4O2. The molecule has 0 unspecified atom stereocenters. The summed E-state index contributed by atoms with van der Waals surface area (Å²) in [5.41, 5.74) is 0.918. The fourth-order valence-corrected chi connectivity index (χ4v) is 2.18. The smallest absolute Gasteiger partial charge is 0.194 e. The van der Waals surface area contributed by atoms with E-state index in [0.717, 1.165) is 30.4 Å². The standard InChI is InChI=1S/C18H25FN4O2.HI/c1-4-14-12-15(25-22-14)13-21-18(20-5-2)23(3)10-11-24-17-9-7-6-8-16(17)19;/h6-9,12H,4-5,10-11,13H2,1-3H3,(H,20,21);1H. The zero-order valence-electron chi connectivity index (χ0n) is 15.4. The maximum atomic E-state index is 13.5. The van der Waals surface area contributed by atoms with E-state index in [-0.39, 0.29) is 35.5 Å². The summed E-state index contributed by atoms with van der Waals surface area (Å²) in [7, 11) is 1.91. The van der Waals surface area contributed by atoms with Gasteiger partial charge in [-0.25, -0.2) is 9.38 Å². The van der Waals surface area contributed by atoms with Crippen molar-refractivity contribution in [3.05, 3.63) is 47.6 Å². The van der Waals surface area contributed by atoms with Crippen LogP contribution < -0.4 is 10.1 Å². The fourth-order valence-electron chi connectivity index (χ4n) is 2.18. The molecule has 2 aromatic rings. The molecule has 2 rings (SSSR count). The fraction of sp³-hybridized carbons (Fsp3) is 0.444. The number of aliphatic imine (C=N–C) groups is 1. The molecule has 8 heteroatoms. The average Bonchev–Trinajstić information content (AvgIpc) is 3.08. The van der Waals surface area contributed by atoms with Crippen LogP contribution in [0.3, 0.4) is 0 Å². The molecule has 0 saturated heterocycles. The molecule has 0 aliphatic carbocycles. The molecule has 1 aromatic carbocycles. The highest BCUT2D eigenvalue weighted by atomic mass is 127. The highest BCUT2D eigenvalue weighted by Gasteiger charge is 2.08. The van der Waals surface area contributed by atoms with Crippen molar-refractivity contribution in [3.8, 4) is 5.75 Å². The lowest BCUT2D eigenvalue weighted by Crippen LogP contribution is -2.40. The number of nitrogens with one attached hydrogen (secondary N) is 1. The summed E-state index contributed by atoms with van der Waals surface area (Å²) >= 11 is 0. The zero-order valence-corrected chi connectivity index (χ0v) is 17.7. The minimum atomic E-state index is -0.359. The second kappa shape index (κ2) is 11.7. The second-order valence-corrected chi connectivity index (χ2v) is 5.51. The van der Waals surface area contributed by atoms with Crippen molar-refractivity contribution in [2.45, 2.75) is 26.8 Å². The van der Waals surface area contributed by atoms with Gasteiger partial charge in [-0.2, -0.15) is 0 Å². The maximum absolute atomic E-state index is 13.5. The first kappa shape index (κ1) is 22.2. The van der Waals surface area contributed by atoms with Crippen LogP contribution >= 0.6 is 24.0 Å². The van der Waals surface area contributed by atoms with E-state index in [1.165, 1.54) is 6.07 Å². The molecule has 0 aliphatic heterocycles. The molecule has 0 aliphatic rings. The minimum absolute atomic E-state index is 0. The summed E-state index contributed by atoms with van der Waals surface area (Å²) in [6, 6.07) is 8.29. The third-order valence-corrected chi connectivity index (χ3v) is 3.57. The van der Waals surface area contributed by atoms with Crippen molar-refractivity contribution >= 4 is 29.9 Å². The zero-order chi connectivity index (χ0) is 18.1. The first-order valence-electron chi connectivity index (χ1n) is 8.45. The second-order valence-electron chi connectivity index (χ2n) is 5.51. The van der Waals surface area contributed by atoms with Crippen LogP contribution in [0, 0.1) is 5.82 Å². The molecular weight excluding hydrogens is 450 g/mol. The molecule has 26 heavy (non-hydrogen) atoms. The molecule has 1 aromatic heterocycles. The summed E-state index contributed by atoms with van der Waals surface area (Å²) in [6.07, 6.45) is 0.834. The van der Waals surface area contributed by atoms with Crippen molar-refractivity contribution in [1.82, 2.24) is 15.4 Å². The average molecular weight is 476 g/mol. The summed E-state index contributed by atoms with van der Waals surface area (Å²) in [5, 5.41) is 7.18. The molecule has 0 atom stereocenters. The van der Waals surface area contributed by atoms with Gasteiger partial charge in [-0.1, -0.05) is 24.2 Å². The molecule has 0 radical (unpaired) electrons. The number of para-hydroxylation sites is 1. The van der Waals surface area contributed by atoms with E-state index in [9.17, 15) is 4.39 Å². The molecule has 144 valence electrons. The number of ether oxygens (including phenoxy) is 1. The number of hydrogen-bond acceptors (Lipinski definition) is 4. The number of aromatic nitrogens is 1.